The van der Waals surface area contributed by atoms with Gasteiger partial charge in [-0.25, -0.2) is 0 Å². The lowest BCUT2D eigenvalue weighted by molar-refractivity contribution is -0.123. The van der Waals surface area contributed by atoms with Gasteiger partial charge in [0.05, 0.1) is 0 Å². The quantitative estimate of drug-likeness (QED) is 0.812. The van der Waals surface area contributed by atoms with E-state index in [0.29, 0.717) is 6.04 Å². The second-order valence-electron chi connectivity index (χ2n) is 4.38. The number of carbonyl (C=O) groups excluding carboxylic acids is 1. The summed E-state index contributed by atoms with van der Waals surface area (Å²) < 4.78 is 0. The molecule has 1 amide bonds. The van der Waals surface area contributed by atoms with Gasteiger partial charge in [-0.1, -0.05) is 43.2 Å². The molecule has 0 aliphatic heterocycles. The molecule has 3 nitrogen and oxygen atoms in total. The van der Waals surface area contributed by atoms with Crippen LogP contribution in [0, 0.1) is 0 Å². The lowest BCUT2D eigenvalue weighted by Crippen LogP contribution is -2.39. The summed E-state index contributed by atoms with van der Waals surface area (Å²) in [5, 5.41) is 3.01. The Hall–Kier alpha value is -1.35. The largest absolute Gasteiger partial charge is 0.352 e. The van der Waals surface area contributed by atoms with Crippen molar-refractivity contribution in [2.24, 2.45) is 5.73 Å². The third-order valence-electron chi connectivity index (χ3n) is 3.14. The summed E-state index contributed by atoms with van der Waals surface area (Å²) in [5.74, 6) is -0.0573. The van der Waals surface area contributed by atoms with Gasteiger partial charge in [0.1, 0.15) is 6.04 Å². The van der Waals surface area contributed by atoms with Crippen molar-refractivity contribution in [3.8, 4) is 0 Å². The van der Waals surface area contributed by atoms with E-state index in [1.807, 2.05) is 30.3 Å². The average Bonchev–Trinajstić information content (AvgIpc) is 2.82. The van der Waals surface area contributed by atoms with Crippen LogP contribution in [0.15, 0.2) is 30.3 Å². The lowest BCUT2D eigenvalue weighted by Gasteiger charge is -2.16. The van der Waals surface area contributed by atoms with Crippen LogP contribution >= 0.6 is 0 Å². The highest BCUT2D eigenvalue weighted by Crippen LogP contribution is 2.18. The summed E-state index contributed by atoms with van der Waals surface area (Å²) in [7, 11) is 0. The number of rotatable bonds is 3. The molecule has 16 heavy (non-hydrogen) atoms. The summed E-state index contributed by atoms with van der Waals surface area (Å²) >= 11 is 0. The zero-order valence-corrected chi connectivity index (χ0v) is 9.36. The molecule has 1 aliphatic carbocycles. The van der Waals surface area contributed by atoms with Crippen molar-refractivity contribution in [2.75, 3.05) is 0 Å². The van der Waals surface area contributed by atoms with Gasteiger partial charge in [0.2, 0.25) is 5.91 Å². The van der Waals surface area contributed by atoms with E-state index < -0.39 is 6.04 Å². The monoisotopic (exact) mass is 218 g/mol. The molecule has 1 aliphatic rings. The Balaban J connectivity index is 1.94. The van der Waals surface area contributed by atoms with Crippen molar-refractivity contribution >= 4 is 5.91 Å². The summed E-state index contributed by atoms with van der Waals surface area (Å²) in [5.41, 5.74) is 6.78. The highest BCUT2D eigenvalue weighted by Gasteiger charge is 2.21. The molecule has 0 heterocycles. The Morgan fingerprint density at radius 2 is 1.88 bits per heavy atom. The molecular weight excluding hydrogens is 200 g/mol. The van der Waals surface area contributed by atoms with E-state index in [-0.39, 0.29) is 5.91 Å². The normalized spacial score (nSPS) is 18.3. The molecule has 0 radical (unpaired) electrons. The van der Waals surface area contributed by atoms with Crippen molar-refractivity contribution in [2.45, 2.75) is 37.8 Å². The number of amides is 1. The van der Waals surface area contributed by atoms with Gasteiger partial charge in [-0.15, -0.1) is 0 Å². The minimum Gasteiger partial charge on any atom is -0.352 e. The number of nitrogens with one attached hydrogen (secondary N) is 1. The van der Waals surface area contributed by atoms with Crippen molar-refractivity contribution < 1.29 is 4.79 Å². The van der Waals surface area contributed by atoms with E-state index in [9.17, 15) is 4.79 Å². The van der Waals surface area contributed by atoms with E-state index >= 15 is 0 Å². The molecule has 1 aromatic rings. The van der Waals surface area contributed by atoms with Gasteiger partial charge in [-0.05, 0) is 18.4 Å². The predicted molar refractivity (Wildman–Crippen MR) is 63.8 cm³/mol. The van der Waals surface area contributed by atoms with Gasteiger partial charge in [0.15, 0.2) is 0 Å². The fourth-order valence-corrected chi connectivity index (χ4v) is 2.17. The molecule has 1 unspecified atom stereocenters. The van der Waals surface area contributed by atoms with Crippen LogP contribution in [0.2, 0.25) is 0 Å². The minimum atomic E-state index is -0.540. The number of nitrogens with two attached hydrogens (primary N) is 1. The Morgan fingerprint density at radius 1 is 1.25 bits per heavy atom. The van der Waals surface area contributed by atoms with Gasteiger partial charge in [-0.3, -0.25) is 4.79 Å². The molecule has 1 saturated carbocycles. The van der Waals surface area contributed by atoms with Gasteiger partial charge < -0.3 is 11.1 Å². The van der Waals surface area contributed by atoms with Crippen LogP contribution in [0.5, 0.6) is 0 Å². The average molecular weight is 218 g/mol. The highest BCUT2D eigenvalue weighted by atomic mass is 16.2. The van der Waals surface area contributed by atoms with Gasteiger partial charge in [0.25, 0.3) is 0 Å². The Bertz CT molecular complexity index is 344. The second kappa shape index (κ2) is 5.12. The van der Waals surface area contributed by atoms with E-state index in [1.54, 1.807) is 0 Å². The molecule has 86 valence electrons. The zero-order valence-electron chi connectivity index (χ0n) is 9.36. The van der Waals surface area contributed by atoms with E-state index in [1.165, 1.54) is 12.8 Å². The molecule has 3 heteroatoms. The van der Waals surface area contributed by atoms with Crippen molar-refractivity contribution in [1.82, 2.24) is 5.32 Å². The molecule has 0 spiro atoms. The molecule has 0 saturated heterocycles. The highest BCUT2D eigenvalue weighted by molar-refractivity contribution is 5.83. The molecule has 2 rings (SSSR count). The van der Waals surface area contributed by atoms with Gasteiger partial charge in [0, 0.05) is 6.04 Å². The standard InChI is InChI=1S/C13H18N2O/c14-12(10-6-2-1-3-7-10)13(16)15-11-8-4-5-9-11/h1-3,6-7,11-12H,4-5,8-9,14H2,(H,15,16). The molecular formula is C13H18N2O. The van der Waals surface area contributed by atoms with Crippen molar-refractivity contribution in [1.29, 1.82) is 0 Å². The maximum atomic E-state index is 11.9. The van der Waals surface area contributed by atoms with Crippen LogP contribution in [0.25, 0.3) is 0 Å². The number of hydrogen-bond acceptors (Lipinski definition) is 2. The summed E-state index contributed by atoms with van der Waals surface area (Å²) in [6, 6.07) is 9.29. The fourth-order valence-electron chi connectivity index (χ4n) is 2.17. The molecule has 1 atom stereocenters. The first-order valence-electron chi connectivity index (χ1n) is 5.88. The number of hydrogen-bond donors (Lipinski definition) is 2. The first kappa shape index (κ1) is 11.1. The molecule has 3 N–H and O–H groups in total. The number of benzene rings is 1. The second-order valence-corrected chi connectivity index (χ2v) is 4.38. The summed E-state index contributed by atoms with van der Waals surface area (Å²) in [6.07, 6.45) is 4.61. The SMILES string of the molecule is NC(C(=O)NC1CCCC1)c1ccccc1. The molecule has 1 fully saturated rings. The topological polar surface area (TPSA) is 55.1 Å². The van der Waals surface area contributed by atoms with Crippen LogP contribution in [0.4, 0.5) is 0 Å². The van der Waals surface area contributed by atoms with E-state index in [0.717, 1.165) is 18.4 Å². The maximum Gasteiger partial charge on any atom is 0.241 e. The van der Waals surface area contributed by atoms with Crippen LogP contribution in [0.1, 0.15) is 37.3 Å². The van der Waals surface area contributed by atoms with Crippen molar-refractivity contribution in [3.63, 3.8) is 0 Å². The Labute approximate surface area is 96.0 Å². The van der Waals surface area contributed by atoms with Crippen LogP contribution in [-0.2, 0) is 4.79 Å². The minimum absolute atomic E-state index is 0.0573. The zero-order chi connectivity index (χ0) is 11.4. The number of carbonyl (C=O) groups is 1. The first-order chi connectivity index (χ1) is 7.77. The van der Waals surface area contributed by atoms with Crippen LogP contribution in [0.3, 0.4) is 0 Å². The predicted octanol–water partition coefficient (Wildman–Crippen LogP) is 1.75. The van der Waals surface area contributed by atoms with E-state index in [4.69, 9.17) is 5.73 Å². The maximum absolute atomic E-state index is 11.9. The third kappa shape index (κ3) is 2.61. The van der Waals surface area contributed by atoms with Crippen LogP contribution < -0.4 is 11.1 Å². The molecule has 0 bridgehead atoms. The first-order valence-corrected chi connectivity index (χ1v) is 5.88. The van der Waals surface area contributed by atoms with Crippen molar-refractivity contribution in [3.05, 3.63) is 35.9 Å². The third-order valence-corrected chi connectivity index (χ3v) is 3.14. The molecule has 0 aromatic heterocycles. The Morgan fingerprint density at radius 3 is 2.50 bits per heavy atom. The van der Waals surface area contributed by atoms with Crippen LogP contribution in [-0.4, -0.2) is 11.9 Å². The van der Waals surface area contributed by atoms with E-state index in [2.05, 4.69) is 5.32 Å². The molecule has 1 aromatic carbocycles. The Kier molecular flexibility index (Phi) is 3.57. The lowest BCUT2D eigenvalue weighted by atomic mass is 10.1. The fraction of sp³-hybridized carbons (Fsp3) is 0.462. The van der Waals surface area contributed by atoms with Gasteiger partial charge in [-0.2, -0.15) is 0 Å². The van der Waals surface area contributed by atoms with Gasteiger partial charge >= 0.3 is 0 Å². The summed E-state index contributed by atoms with van der Waals surface area (Å²) in [6.45, 7) is 0. The summed E-state index contributed by atoms with van der Waals surface area (Å²) in [4.78, 5) is 11.9. The smallest absolute Gasteiger partial charge is 0.241 e.